The van der Waals surface area contributed by atoms with Crippen LogP contribution in [0.1, 0.15) is 11.1 Å². The quantitative estimate of drug-likeness (QED) is 0.129. The first-order valence-corrected chi connectivity index (χ1v) is 22.0. The Hall–Kier alpha value is -7.88. The van der Waals surface area contributed by atoms with E-state index >= 15 is 0 Å². The third-order valence-corrected chi connectivity index (χ3v) is 13.7. The maximum Gasteiger partial charge on any atom is 0.252 e. The molecular formula is C60H41BN2. The third kappa shape index (κ3) is 5.59. The molecule has 11 aromatic rings. The number of fused-ring (bicyclic) bond motifs is 8. The van der Waals surface area contributed by atoms with Gasteiger partial charge in [0.15, 0.2) is 0 Å². The lowest BCUT2D eigenvalue weighted by molar-refractivity contribution is 1.25. The Morgan fingerprint density at radius 2 is 0.683 bits per heavy atom. The summed E-state index contributed by atoms with van der Waals surface area (Å²) < 4.78 is 0. The molecule has 3 heteroatoms. The second-order valence-corrected chi connectivity index (χ2v) is 17.5. The van der Waals surface area contributed by atoms with Crippen molar-refractivity contribution in [3.63, 3.8) is 0 Å². The second kappa shape index (κ2) is 13.8. The molecule has 2 aliphatic heterocycles. The maximum atomic E-state index is 2.55. The van der Waals surface area contributed by atoms with Crippen LogP contribution in [-0.4, -0.2) is 6.71 Å². The highest BCUT2D eigenvalue weighted by Crippen LogP contribution is 2.48. The molecule has 0 saturated carbocycles. The highest BCUT2D eigenvalue weighted by atomic mass is 15.2. The normalized spacial score (nSPS) is 12.8. The van der Waals surface area contributed by atoms with Gasteiger partial charge in [0.2, 0.25) is 0 Å². The summed E-state index contributed by atoms with van der Waals surface area (Å²) in [5.74, 6) is 0. The van der Waals surface area contributed by atoms with Gasteiger partial charge in [0.05, 0.1) is 0 Å². The monoisotopic (exact) mass is 800 g/mol. The minimum absolute atomic E-state index is 0.0247. The first kappa shape index (κ1) is 35.8. The van der Waals surface area contributed by atoms with E-state index in [0.717, 1.165) is 11.4 Å². The van der Waals surface area contributed by atoms with Crippen LogP contribution < -0.4 is 26.2 Å². The van der Waals surface area contributed by atoms with Gasteiger partial charge in [-0.05, 0) is 180 Å². The molecule has 0 radical (unpaired) electrons. The van der Waals surface area contributed by atoms with Gasteiger partial charge in [-0.2, -0.15) is 0 Å². The fraction of sp³-hybridized carbons (Fsp3) is 0.0333. The summed E-state index contributed by atoms with van der Waals surface area (Å²) in [4.78, 5) is 5.10. The molecule has 0 saturated heterocycles. The Kier molecular flexibility index (Phi) is 7.86. The van der Waals surface area contributed by atoms with E-state index < -0.39 is 0 Å². The van der Waals surface area contributed by atoms with E-state index in [1.54, 1.807) is 0 Å². The Morgan fingerprint density at radius 1 is 0.302 bits per heavy atom. The second-order valence-electron chi connectivity index (χ2n) is 17.5. The summed E-state index contributed by atoms with van der Waals surface area (Å²) in [5.41, 5.74) is 18.6. The largest absolute Gasteiger partial charge is 0.311 e. The van der Waals surface area contributed by atoms with Crippen molar-refractivity contribution < 1.29 is 0 Å². The minimum Gasteiger partial charge on any atom is -0.311 e. The van der Waals surface area contributed by atoms with Gasteiger partial charge in [-0.1, -0.05) is 140 Å². The molecule has 2 aliphatic rings. The number of benzene rings is 11. The van der Waals surface area contributed by atoms with Crippen LogP contribution in [0.3, 0.4) is 0 Å². The van der Waals surface area contributed by atoms with Crippen molar-refractivity contribution in [3.8, 4) is 22.3 Å². The lowest BCUT2D eigenvalue weighted by Gasteiger charge is -2.45. The number of nitrogens with zero attached hydrogens (tertiary/aromatic N) is 2. The molecule has 0 atom stereocenters. The van der Waals surface area contributed by atoms with Crippen LogP contribution in [0.2, 0.25) is 0 Å². The van der Waals surface area contributed by atoms with Crippen LogP contribution in [0, 0.1) is 13.8 Å². The molecule has 294 valence electrons. The zero-order chi connectivity index (χ0) is 41.8. The van der Waals surface area contributed by atoms with Gasteiger partial charge in [0, 0.05) is 34.1 Å². The number of anilines is 6. The average Bonchev–Trinajstić information content (AvgIpc) is 3.32. The van der Waals surface area contributed by atoms with Gasteiger partial charge in [0.1, 0.15) is 0 Å². The molecule has 0 fully saturated rings. The lowest BCUT2D eigenvalue weighted by Crippen LogP contribution is -2.61. The molecule has 0 aromatic heterocycles. The Balaban J connectivity index is 1.17. The van der Waals surface area contributed by atoms with E-state index in [0.29, 0.717) is 0 Å². The summed E-state index contributed by atoms with van der Waals surface area (Å²) in [6.07, 6.45) is 0. The van der Waals surface area contributed by atoms with Crippen molar-refractivity contribution >= 4 is 100 Å². The van der Waals surface area contributed by atoms with Crippen molar-refractivity contribution in [3.05, 3.63) is 223 Å². The van der Waals surface area contributed by atoms with Gasteiger partial charge >= 0.3 is 0 Å². The molecule has 2 heterocycles. The number of aryl methyl sites for hydroxylation is 2. The molecule has 0 N–H and O–H groups in total. The minimum atomic E-state index is -0.0247. The van der Waals surface area contributed by atoms with Crippen molar-refractivity contribution in [2.45, 2.75) is 13.8 Å². The van der Waals surface area contributed by atoms with Crippen LogP contribution in [0.15, 0.2) is 212 Å². The van der Waals surface area contributed by atoms with E-state index in [9.17, 15) is 0 Å². The Morgan fingerprint density at radius 3 is 1.11 bits per heavy atom. The smallest absolute Gasteiger partial charge is 0.252 e. The highest BCUT2D eigenvalue weighted by Gasteiger charge is 2.44. The van der Waals surface area contributed by atoms with Crippen LogP contribution in [0.5, 0.6) is 0 Å². The SMILES string of the molecule is Cc1cc(-c2ccccc2)cc(C)c1-c1cc2c3c(c1)N(c1ccccc1)c1cc4cc5ccccc5cc4cc1B3c1cc3cc4ccccc4cc3cc1N2c1ccccc1. The Labute approximate surface area is 368 Å². The molecule has 11 aromatic carbocycles. The van der Waals surface area contributed by atoms with Gasteiger partial charge in [-0.3, -0.25) is 0 Å². The van der Waals surface area contributed by atoms with Gasteiger partial charge in [-0.15, -0.1) is 0 Å². The topological polar surface area (TPSA) is 6.48 Å². The van der Waals surface area contributed by atoms with Gasteiger partial charge in [0.25, 0.3) is 6.71 Å². The molecule has 0 aliphatic carbocycles. The summed E-state index contributed by atoms with van der Waals surface area (Å²) in [6, 6.07) is 79.4. The predicted molar refractivity (Wildman–Crippen MR) is 271 cm³/mol. The van der Waals surface area contributed by atoms with Crippen LogP contribution in [0.4, 0.5) is 34.1 Å². The maximum absolute atomic E-state index is 2.55. The first-order chi connectivity index (χ1) is 31.0. The van der Waals surface area contributed by atoms with Crippen LogP contribution in [-0.2, 0) is 0 Å². The average molecular weight is 801 g/mol. The molecule has 0 spiro atoms. The molecule has 13 rings (SSSR count). The summed E-state index contributed by atoms with van der Waals surface area (Å²) in [6.45, 7) is 4.54. The fourth-order valence-electron chi connectivity index (χ4n) is 10.9. The van der Waals surface area contributed by atoms with E-state index in [4.69, 9.17) is 0 Å². The van der Waals surface area contributed by atoms with Crippen molar-refractivity contribution in [2.75, 3.05) is 9.80 Å². The van der Waals surface area contributed by atoms with Crippen molar-refractivity contribution in [2.24, 2.45) is 0 Å². The van der Waals surface area contributed by atoms with E-state index in [1.807, 2.05) is 0 Å². The highest BCUT2D eigenvalue weighted by molar-refractivity contribution is 7.00. The van der Waals surface area contributed by atoms with Gasteiger partial charge in [-0.25, -0.2) is 0 Å². The molecular weight excluding hydrogens is 759 g/mol. The molecule has 0 amide bonds. The van der Waals surface area contributed by atoms with E-state index in [2.05, 4.69) is 236 Å². The van der Waals surface area contributed by atoms with Crippen molar-refractivity contribution in [1.82, 2.24) is 0 Å². The first-order valence-electron chi connectivity index (χ1n) is 22.0. The van der Waals surface area contributed by atoms with Gasteiger partial charge < -0.3 is 9.80 Å². The molecule has 0 unspecified atom stereocenters. The zero-order valence-electron chi connectivity index (χ0n) is 35.2. The predicted octanol–water partition coefficient (Wildman–Crippen LogP) is 14.3. The number of rotatable bonds is 4. The number of para-hydroxylation sites is 2. The molecule has 2 nitrogen and oxygen atoms in total. The number of hydrogen-bond donors (Lipinski definition) is 0. The summed E-state index contributed by atoms with van der Waals surface area (Å²) >= 11 is 0. The third-order valence-electron chi connectivity index (χ3n) is 13.7. The van der Waals surface area contributed by atoms with E-state index in [-0.39, 0.29) is 6.71 Å². The summed E-state index contributed by atoms with van der Waals surface area (Å²) in [7, 11) is 0. The van der Waals surface area contributed by atoms with Crippen LogP contribution in [0.25, 0.3) is 65.3 Å². The fourth-order valence-corrected chi connectivity index (χ4v) is 10.9. The van der Waals surface area contributed by atoms with Crippen LogP contribution >= 0.6 is 0 Å². The number of hydrogen-bond acceptors (Lipinski definition) is 2. The zero-order valence-corrected chi connectivity index (χ0v) is 35.2. The van der Waals surface area contributed by atoms with E-state index in [1.165, 1.54) is 116 Å². The summed E-state index contributed by atoms with van der Waals surface area (Å²) in [5, 5.41) is 10.0. The molecule has 0 bridgehead atoms. The standard InChI is InChI=1S/C60H41BN2/c1-38-26-45(40-16-6-3-7-17-40)27-39(2)59(38)50-36-57-60-58(37-50)63(52-24-10-5-11-25-52)56-35-49-31-44-21-15-13-19-42(44)29-47(49)33-54(56)61(60)53-32-46-28-41-18-12-14-20-43(41)30-48(46)34-55(53)62(57)51-22-8-4-9-23-51/h3-37H,1-2H3. The molecule has 63 heavy (non-hydrogen) atoms. The van der Waals surface area contributed by atoms with Crippen molar-refractivity contribution in [1.29, 1.82) is 0 Å². The Bertz CT molecular complexity index is 3440. The lowest BCUT2D eigenvalue weighted by atomic mass is 9.33.